The SMILES string of the molecule is CC(C)c1cc(NC(=O)C(C(F)(F)F)C(F)(F)F)n[nH]1. The summed E-state index contributed by atoms with van der Waals surface area (Å²) in [4.78, 5) is 11.2. The van der Waals surface area contributed by atoms with Crippen LogP contribution in [0.3, 0.4) is 0 Å². The number of nitrogens with zero attached hydrogens (tertiary/aromatic N) is 1. The van der Waals surface area contributed by atoms with Gasteiger partial charge in [-0.15, -0.1) is 0 Å². The molecule has 4 nitrogen and oxygen atoms in total. The van der Waals surface area contributed by atoms with Gasteiger partial charge in [0.2, 0.25) is 11.8 Å². The summed E-state index contributed by atoms with van der Waals surface area (Å²) in [5.74, 6) is -6.77. The van der Waals surface area contributed by atoms with Gasteiger partial charge < -0.3 is 5.32 Å². The minimum atomic E-state index is -5.72. The average Bonchev–Trinajstić information content (AvgIpc) is 2.60. The fourth-order valence-corrected chi connectivity index (χ4v) is 1.38. The molecule has 1 aromatic rings. The van der Waals surface area contributed by atoms with Crippen LogP contribution in [0.15, 0.2) is 6.07 Å². The Balaban J connectivity index is 2.92. The number of anilines is 1. The molecule has 0 radical (unpaired) electrons. The van der Waals surface area contributed by atoms with E-state index < -0.39 is 30.0 Å². The zero-order valence-electron chi connectivity index (χ0n) is 10.4. The second-order valence-electron chi connectivity index (χ2n) is 4.37. The van der Waals surface area contributed by atoms with Gasteiger partial charge in [-0.05, 0) is 5.92 Å². The molecule has 1 rings (SSSR count). The van der Waals surface area contributed by atoms with Crippen LogP contribution >= 0.6 is 0 Å². The normalized spacial score (nSPS) is 13.1. The van der Waals surface area contributed by atoms with Crippen LogP contribution in [0.4, 0.5) is 32.2 Å². The molecule has 0 aliphatic rings. The molecule has 1 aromatic heterocycles. The average molecular weight is 303 g/mol. The number of hydrogen-bond donors (Lipinski definition) is 2. The van der Waals surface area contributed by atoms with Crippen molar-refractivity contribution in [1.82, 2.24) is 10.2 Å². The highest BCUT2D eigenvalue weighted by Crippen LogP contribution is 2.39. The predicted octanol–water partition coefficient (Wildman–Crippen LogP) is 3.21. The van der Waals surface area contributed by atoms with Crippen molar-refractivity contribution in [3.05, 3.63) is 11.8 Å². The minimum Gasteiger partial charge on any atom is -0.308 e. The van der Waals surface area contributed by atoms with Crippen LogP contribution in [0.1, 0.15) is 25.5 Å². The van der Waals surface area contributed by atoms with E-state index in [0.717, 1.165) is 0 Å². The summed E-state index contributed by atoms with van der Waals surface area (Å²) >= 11 is 0. The highest BCUT2D eigenvalue weighted by Gasteiger charge is 2.61. The van der Waals surface area contributed by atoms with E-state index in [4.69, 9.17) is 0 Å². The van der Waals surface area contributed by atoms with Crippen LogP contribution in [0, 0.1) is 5.92 Å². The Morgan fingerprint density at radius 1 is 1.20 bits per heavy atom. The molecule has 0 spiro atoms. The second kappa shape index (κ2) is 5.33. The quantitative estimate of drug-likeness (QED) is 0.842. The number of H-pyrrole nitrogens is 1. The van der Waals surface area contributed by atoms with Crippen LogP contribution < -0.4 is 5.32 Å². The van der Waals surface area contributed by atoms with E-state index in [1.807, 2.05) is 0 Å². The van der Waals surface area contributed by atoms with Crippen LogP contribution in [0.2, 0.25) is 0 Å². The first-order valence-corrected chi connectivity index (χ1v) is 5.42. The summed E-state index contributed by atoms with van der Waals surface area (Å²) in [7, 11) is 0. The molecular formula is C10H11F6N3O. The molecule has 0 fully saturated rings. The molecule has 0 unspecified atom stereocenters. The topological polar surface area (TPSA) is 57.8 Å². The van der Waals surface area contributed by atoms with Gasteiger partial charge in [0.15, 0.2) is 5.82 Å². The van der Waals surface area contributed by atoms with E-state index in [9.17, 15) is 31.1 Å². The van der Waals surface area contributed by atoms with E-state index in [-0.39, 0.29) is 5.92 Å². The first-order valence-electron chi connectivity index (χ1n) is 5.42. The molecule has 0 bridgehead atoms. The fourth-order valence-electron chi connectivity index (χ4n) is 1.38. The molecule has 10 heteroatoms. The van der Waals surface area contributed by atoms with E-state index in [1.54, 1.807) is 13.8 Å². The van der Waals surface area contributed by atoms with Gasteiger partial charge >= 0.3 is 12.4 Å². The highest BCUT2D eigenvalue weighted by atomic mass is 19.4. The van der Waals surface area contributed by atoms with E-state index in [0.29, 0.717) is 5.69 Å². The molecule has 0 saturated heterocycles. The number of hydrogen-bond acceptors (Lipinski definition) is 2. The Hall–Kier alpha value is -1.74. The molecule has 0 aromatic carbocycles. The number of alkyl halides is 6. The molecule has 0 saturated carbocycles. The molecular weight excluding hydrogens is 292 g/mol. The number of rotatable bonds is 3. The Kier molecular flexibility index (Phi) is 4.35. The lowest BCUT2D eigenvalue weighted by atomic mass is 10.1. The van der Waals surface area contributed by atoms with Gasteiger partial charge in [-0.1, -0.05) is 13.8 Å². The summed E-state index contributed by atoms with van der Waals surface area (Å²) in [6, 6.07) is 1.17. The maximum atomic E-state index is 12.3. The summed E-state index contributed by atoms with van der Waals surface area (Å²) in [6.07, 6.45) is -11.4. The predicted molar refractivity (Wildman–Crippen MR) is 56.9 cm³/mol. The zero-order valence-corrected chi connectivity index (χ0v) is 10.4. The van der Waals surface area contributed by atoms with Crippen molar-refractivity contribution in [2.75, 3.05) is 5.32 Å². The Morgan fingerprint density at radius 3 is 2.05 bits per heavy atom. The molecule has 0 atom stereocenters. The number of carbonyl (C=O) groups excluding carboxylic acids is 1. The lowest BCUT2D eigenvalue weighted by molar-refractivity contribution is -0.272. The van der Waals surface area contributed by atoms with E-state index >= 15 is 0 Å². The Morgan fingerprint density at radius 2 is 1.70 bits per heavy atom. The third-order valence-corrected chi connectivity index (χ3v) is 2.39. The number of nitrogens with one attached hydrogen (secondary N) is 2. The number of halogens is 6. The molecule has 1 heterocycles. The fraction of sp³-hybridized carbons (Fsp3) is 0.600. The van der Waals surface area contributed by atoms with Crippen molar-refractivity contribution in [1.29, 1.82) is 0 Å². The zero-order chi connectivity index (χ0) is 15.7. The van der Waals surface area contributed by atoms with Gasteiger partial charge in [-0.3, -0.25) is 9.89 Å². The number of aromatic nitrogens is 2. The van der Waals surface area contributed by atoms with Crippen molar-refractivity contribution >= 4 is 11.7 Å². The maximum absolute atomic E-state index is 12.3. The van der Waals surface area contributed by atoms with Gasteiger partial charge in [0.05, 0.1) is 0 Å². The Bertz CT molecular complexity index is 462. The van der Waals surface area contributed by atoms with Crippen molar-refractivity contribution < 1.29 is 31.1 Å². The van der Waals surface area contributed by atoms with Crippen LogP contribution in [0.25, 0.3) is 0 Å². The van der Waals surface area contributed by atoms with Gasteiger partial charge in [-0.25, -0.2) is 0 Å². The molecule has 0 aliphatic heterocycles. The second-order valence-corrected chi connectivity index (χ2v) is 4.37. The number of aromatic amines is 1. The van der Waals surface area contributed by atoms with Crippen molar-refractivity contribution in [3.8, 4) is 0 Å². The largest absolute Gasteiger partial charge is 0.409 e. The van der Waals surface area contributed by atoms with Crippen molar-refractivity contribution in [2.24, 2.45) is 5.92 Å². The first-order chi connectivity index (χ1) is 8.93. The van der Waals surface area contributed by atoms with Gasteiger partial charge in [0, 0.05) is 11.8 Å². The van der Waals surface area contributed by atoms with Crippen molar-refractivity contribution in [3.63, 3.8) is 0 Å². The van der Waals surface area contributed by atoms with Crippen LogP contribution in [-0.2, 0) is 4.79 Å². The standard InChI is InChI=1S/C10H11F6N3O/c1-4(2)5-3-6(19-18-5)17-8(20)7(9(11,12)13)10(14,15)16/h3-4,7H,1-2H3,(H2,17,18,19,20). The molecule has 0 aliphatic carbocycles. The third kappa shape index (κ3) is 3.87. The lowest BCUT2D eigenvalue weighted by Gasteiger charge is -2.21. The van der Waals surface area contributed by atoms with Crippen molar-refractivity contribution in [2.45, 2.75) is 32.1 Å². The van der Waals surface area contributed by atoms with Crippen LogP contribution in [0.5, 0.6) is 0 Å². The Labute approximate surface area is 109 Å². The van der Waals surface area contributed by atoms with E-state index in [1.165, 1.54) is 11.4 Å². The number of carbonyl (C=O) groups is 1. The minimum absolute atomic E-state index is 0.0748. The molecule has 1 amide bonds. The number of amides is 1. The molecule has 20 heavy (non-hydrogen) atoms. The smallest absolute Gasteiger partial charge is 0.308 e. The summed E-state index contributed by atoms with van der Waals surface area (Å²) in [5.41, 5.74) is 0.468. The molecule has 114 valence electrons. The highest BCUT2D eigenvalue weighted by molar-refractivity contribution is 5.92. The van der Waals surface area contributed by atoms with Crippen LogP contribution in [-0.4, -0.2) is 28.5 Å². The lowest BCUT2D eigenvalue weighted by Crippen LogP contribution is -2.45. The summed E-state index contributed by atoms with van der Waals surface area (Å²) < 4.78 is 73.8. The summed E-state index contributed by atoms with van der Waals surface area (Å²) in [6.45, 7) is 3.46. The maximum Gasteiger partial charge on any atom is 0.409 e. The third-order valence-electron chi connectivity index (χ3n) is 2.39. The van der Waals surface area contributed by atoms with Gasteiger partial charge in [-0.2, -0.15) is 31.4 Å². The van der Waals surface area contributed by atoms with Gasteiger partial charge in [0.25, 0.3) is 0 Å². The summed E-state index contributed by atoms with van der Waals surface area (Å²) in [5, 5.41) is 7.34. The first kappa shape index (κ1) is 16.3. The monoisotopic (exact) mass is 303 g/mol. The van der Waals surface area contributed by atoms with E-state index in [2.05, 4.69) is 10.2 Å². The van der Waals surface area contributed by atoms with Gasteiger partial charge in [0.1, 0.15) is 0 Å². The molecule has 2 N–H and O–H groups in total.